The van der Waals surface area contributed by atoms with E-state index in [0.29, 0.717) is 6.04 Å². The van der Waals surface area contributed by atoms with Crippen LogP contribution in [0.25, 0.3) is 0 Å². The molecule has 4 atom stereocenters. The van der Waals surface area contributed by atoms with Crippen LogP contribution < -0.4 is 5.73 Å². The zero-order valence-electron chi connectivity index (χ0n) is 9.81. The third kappa shape index (κ3) is 2.53. The van der Waals surface area contributed by atoms with E-state index in [4.69, 9.17) is 5.73 Å². The molecule has 4 heteroatoms. The van der Waals surface area contributed by atoms with E-state index in [2.05, 4.69) is 16.7 Å². The van der Waals surface area contributed by atoms with Crippen LogP contribution in [-0.2, 0) is 0 Å². The molecule has 3 fully saturated rings. The van der Waals surface area contributed by atoms with Gasteiger partial charge < -0.3 is 10.6 Å². The standard InChI is InChI=1S/C12H22N2S.ClH/c13-12-2-1-10-6-14(7-11(10)12)5-9-3-4-15-8-9;/h9-12H,1-8,13H2;1H. The summed E-state index contributed by atoms with van der Waals surface area (Å²) < 4.78 is 0. The summed E-state index contributed by atoms with van der Waals surface area (Å²) in [7, 11) is 0. The Hall–Kier alpha value is 0.560. The number of likely N-dealkylation sites (tertiary alicyclic amines) is 1. The normalized spacial score (nSPS) is 43.3. The van der Waals surface area contributed by atoms with Gasteiger partial charge in [-0.1, -0.05) is 0 Å². The highest BCUT2D eigenvalue weighted by atomic mass is 35.5. The van der Waals surface area contributed by atoms with Crippen molar-refractivity contribution >= 4 is 24.2 Å². The summed E-state index contributed by atoms with van der Waals surface area (Å²) in [6.45, 7) is 4.00. The summed E-state index contributed by atoms with van der Waals surface area (Å²) in [4.78, 5) is 2.70. The fraction of sp³-hybridized carbons (Fsp3) is 1.00. The van der Waals surface area contributed by atoms with Crippen molar-refractivity contribution in [2.45, 2.75) is 25.3 Å². The molecule has 3 aliphatic rings. The van der Waals surface area contributed by atoms with Gasteiger partial charge in [-0.05, 0) is 48.5 Å². The van der Waals surface area contributed by atoms with Crippen molar-refractivity contribution in [1.29, 1.82) is 0 Å². The number of fused-ring (bicyclic) bond motifs is 1. The maximum absolute atomic E-state index is 6.16. The highest BCUT2D eigenvalue weighted by Gasteiger charge is 2.41. The van der Waals surface area contributed by atoms with E-state index in [1.54, 1.807) is 0 Å². The first-order valence-electron chi connectivity index (χ1n) is 6.38. The molecule has 2 nitrogen and oxygen atoms in total. The van der Waals surface area contributed by atoms with Gasteiger partial charge in [-0.25, -0.2) is 0 Å². The SMILES string of the molecule is Cl.NC1CCC2CN(CC3CCSC3)CC12. The van der Waals surface area contributed by atoms with Gasteiger partial charge in [0.25, 0.3) is 0 Å². The van der Waals surface area contributed by atoms with Crippen LogP contribution in [0.4, 0.5) is 0 Å². The second-order valence-electron chi connectivity index (χ2n) is 5.61. The van der Waals surface area contributed by atoms with Gasteiger partial charge in [0.15, 0.2) is 0 Å². The molecule has 3 rings (SSSR count). The van der Waals surface area contributed by atoms with Gasteiger partial charge in [-0.2, -0.15) is 11.8 Å². The number of halogens is 1. The highest BCUT2D eigenvalue weighted by molar-refractivity contribution is 7.99. The minimum atomic E-state index is 0. The van der Waals surface area contributed by atoms with Crippen LogP contribution in [-0.4, -0.2) is 42.1 Å². The molecule has 16 heavy (non-hydrogen) atoms. The lowest BCUT2D eigenvalue weighted by atomic mass is 9.98. The van der Waals surface area contributed by atoms with Crippen LogP contribution in [0.5, 0.6) is 0 Å². The maximum Gasteiger partial charge on any atom is 0.00826 e. The Labute approximate surface area is 109 Å². The first-order valence-corrected chi connectivity index (χ1v) is 7.54. The Morgan fingerprint density at radius 2 is 2.06 bits per heavy atom. The minimum absolute atomic E-state index is 0. The van der Waals surface area contributed by atoms with E-state index in [0.717, 1.165) is 17.8 Å². The first kappa shape index (κ1) is 13.0. The summed E-state index contributed by atoms with van der Waals surface area (Å²) in [5, 5.41) is 0. The molecule has 0 aromatic rings. The van der Waals surface area contributed by atoms with Gasteiger partial charge in [0, 0.05) is 25.7 Å². The van der Waals surface area contributed by atoms with Gasteiger partial charge in [-0.3, -0.25) is 0 Å². The molecule has 4 unspecified atom stereocenters. The predicted molar refractivity (Wildman–Crippen MR) is 73.3 cm³/mol. The fourth-order valence-electron chi connectivity index (χ4n) is 3.64. The quantitative estimate of drug-likeness (QED) is 0.823. The summed E-state index contributed by atoms with van der Waals surface area (Å²) >= 11 is 2.14. The Morgan fingerprint density at radius 3 is 2.75 bits per heavy atom. The fourth-order valence-corrected chi connectivity index (χ4v) is 4.91. The summed E-state index contributed by atoms with van der Waals surface area (Å²) in [5.74, 6) is 5.54. The highest BCUT2D eigenvalue weighted by Crippen LogP contribution is 2.38. The van der Waals surface area contributed by atoms with Gasteiger partial charge in [0.05, 0.1) is 0 Å². The van der Waals surface area contributed by atoms with E-state index in [-0.39, 0.29) is 12.4 Å². The number of nitrogens with zero attached hydrogens (tertiary/aromatic N) is 1. The van der Waals surface area contributed by atoms with E-state index < -0.39 is 0 Å². The summed E-state index contributed by atoms with van der Waals surface area (Å²) in [6, 6.07) is 0.512. The van der Waals surface area contributed by atoms with E-state index in [1.807, 2.05) is 0 Å². The topological polar surface area (TPSA) is 29.3 Å². The van der Waals surface area contributed by atoms with E-state index in [9.17, 15) is 0 Å². The first-order chi connectivity index (χ1) is 7.33. The molecule has 0 spiro atoms. The lowest BCUT2D eigenvalue weighted by Crippen LogP contribution is -2.32. The van der Waals surface area contributed by atoms with Crippen molar-refractivity contribution < 1.29 is 0 Å². The van der Waals surface area contributed by atoms with Crippen LogP contribution in [0.15, 0.2) is 0 Å². The molecule has 94 valence electrons. The number of nitrogens with two attached hydrogens (primary N) is 1. The van der Waals surface area contributed by atoms with E-state index in [1.165, 1.54) is 50.4 Å². The molecule has 0 amide bonds. The van der Waals surface area contributed by atoms with Gasteiger partial charge in [0.2, 0.25) is 0 Å². The summed E-state index contributed by atoms with van der Waals surface area (Å²) in [6.07, 6.45) is 4.12. The van der Waals surface area contributed by atoms with Crippen molar-refractivity contribution in [1.82, 2.24) is 4.90 Å². The molecule has 2 heterocycles. The third-order valence-corrected chi connectivity index (χ3v) is 5.76. The van der Waals surface area contributed by atoms with Crippen LogP contribution in [0, 0.1) is 17.8 Å². The molecule has 1 saturated carbocycles. The number of hydrogen-bond acceptors (Lipinski definition) is 3. The van der Waals surface area contributed by atoms with Crippen molar-refractivity contribution in [2.75, 3.05) is 31.1 Å². The Morgan fingerprint density at radius 1 is 1.19 bits per heavy atom. The third-order valence-electron chi connectivity index (χ3n) is 4.53. The molecule has 0 bridgehead atoms. The molecule has 0 aromatic carbocycles. The molecule has 2 aliphatic heterocycles. The zero-order chi connectivity index (χ0) is 10.3. The van der Waals surface area contributed by atoms with Crippen molar-refractivity contribution in [3.63, 3.8) is 0 Å². The molecule has 0 aromatic heterocycles. The molecule has 1 aliphatic carbocycles. The Bertz CT molecular complexity index is 231. The van der Waals surface area contributed by atoms with Crippen molar-refractivity contribution in [2.24, 2.45) is 23.5 Å². The molecular weight excluding hydrogens is 240 g/mol. The van der Waals surface area contributed by atoms with Crippen LogP contribution in [0.1, 0.15) is 19.3 Å². The average Bonchev–Trinajstić information content (AvgIpc) is 2.88. The monoisotopic (exact) mass is 262 g/mol. The van der Waals surface area contributed by atoms with Crippen LogP contribution in [0.2, 0.25) is 0 Å². The lowest BCUT2D eigenvalue weighted by molar-refractivity contribution is 0.267. The number of thioether (sulfide) groups is 1. The van der Waals surface area contributed by atoms with Crippen LogP contribution in [0.3, 0.4) is 0 Å². The number of hydrogen-bond donors (Lipinski definition) is 1. The maximum atomic E-state index is 6.16. The van der Waals surface area contributed by atoms with Gasteiger partial charge >= 0.3 is 0 Å². The second-order valence-corrected chi connectivity index (χ2v) is 6.76. The number of rotatable bonds is 2. The van der Waals surface area contributed by atoms with Crippen molar-refractivity contribution in [3.8, 4) is 0 Å². The molecule has 0 radical (unpaired) electrons. The zero-order valence-corrected chi connectivity index (χ0v) is 11.4. The second kappa shape index (κ2) is 5.47. The Balaban J connectivity index is 0.000000963. The Kier molecular flexibility index (Phi) is 4.44. The van der Waals surface area contributed by atoms with Crippen LogP contribution >= 0.6 is 24.2 Å². The minimum Gasteiger partial charge on any atom is -0.327 e. The van der Waals surface area contributed by atoms with Crippen molar-refractivity contribution in [3.05, 3.63) is 0 Å². The van der Waals surface area contributed by atoms with E-state index >= 15 is 0 Å². The molecule has 2 saturated heterocycles. The predicted octanol–water partition coefficient (Wildman–Crippen LogP) is 1.83. The molecule has 2 N–H and O–H groups in total. The van der Waals surface area contributed by atoms with Gasteiger partial charge in [0.1, 0.15) is 0 Å². The largest absolute Gasteiger partial charge is 0.327 e. The van der Waals surface area contributed by atoms with Gasteiger partial charge in [-0.15, -0.1) is 12.4 Å². The summed E-state index contributed by atoms with van der Waals surface area (Å²) in [5.41, 5.74) is 6.16. The molecular formula is C12H23ClN2S. The average molecular weight is 263 g/mol. The smallest absolute Gasteiger partial charge is 0.00826 e. The lowest BCUT2D eigenvalue weighted by Gasteiger charge is -2.21.